The van der Waals surface area contributed by atoms with Crippen LogP contribution in [0.4, 0.5) is 5.82 Å². The van der Waals surface area contributed by atoms with Crippen LogP contribution in [0.1, 0.15) is 11.9 Å². The van der Waals surface area contributed by atoms with Gasteiger partial charge in [-0.1, -0.05) is 12.2 Å². The number of amidine groups is 1. The van der Waals surface area contributed by atoms with Gasteiger partial charge in [-0.2, -0.15) is 4.99 Å². The lowest BCUT2D eigenvalue weighted by molar-refractivity contribution is 0.0340. The summed E-state index contributed by atoms with van der Waals surface area (Å²) in [6.45, 7) is 8.34. The van der Waals surface area contributed by atoms with Crippen molar-refractivity contribution in [3.8, 4) is 0 Å². The van der Waals surface area contributed by atoms with Crippen LogP contribution in [0.2, 0.25) is 0 Å². The van der Waals surface area contributed by atoms with E-state index in [9.17, 15) is 5.11 Å². The molecule has 0 aromatic carbocycles. The minimum atomic E-state index is -0.854. The lowest BCUT2D eigenvalue weighted by Crippen LogP contribution is -2.39. The smallest absolute Gasteiger partial charge is 0.296 e. The summed E-state index contributed by atoms with van der Waals surface area (Å²) in [5.74, 6) is 0.474. The standard InChI is InChI=1S/C12H16N4O2/c1-4-6-15-8-13-10-9(15)11(17)16(7-5-2)12(14-10)18-3/h4-5,8,11,17H,1-2,6-7H2,3H3. The van der Waals surface area contributed by atoms with E-state index in [0.29, 0.717) is 30.6 Å². The quantitative estimate of drug-likeness (QED) is 0.813. The number of imidazole rings is 1. The Morgan fingerprint density at radius 2 is 2.17 bits per heavy atom. The fraction of sp³-hybridized carbons (Fsp3) is 0.333. The Morgan fingerprint density at radius 1 is 1.44 bits per heavy atom. The Kier molecular flexibility index (Phi) is 3.47. The Bertz CT molecular complexity index is 492. The number of nitrogens with zero attached hydrogens (tertiary/aromatic N) is 4. The molecule has 0 saturated heterocycles. The molecule has 1 aliphatic rings. The summed E-state index contributed by atoms with van der Waals surface area (Å²) in [5.41, 5.74) is 0.637. The molecule has 1 aromatic rings. The highest BCUT2D eigenvalue weighted by atomic mass is 16.5. The van der Waals surface area contributed by atoms with Gasteiger partial charge in [-0.05, 0) is 0 Å². The van der Waals surface area contributed by atoms with Gasteiger partial charge in [0, 0.05) is 13.1 Å². The predicted octanol–water partition coefficient (Wildman–Crippen LogP) is 1.20. The van der Waals surface area contributed by atoms with Gasteiger partial charge in [0.15, 0.2) is 12.0 Å². The summed E-state index contributed by atoms with van der Waals surface area (Å²) in [4.78, 5) is 10.0. The van der Waals surface area contributed by atoms with E-state index in [1.165, 1.54) is 7.11 Å². The van der Waals surface area contributed by atoms with Crippen LogP contribution in [0, 0.1) is 0 Å². The van der Waals surface area contributed by atoms with Gasteiger partial charge in [-0.3, -0.25) is 4.90 Å². The van der Waals surface area contributed by atoms with Gasteiger partial charge in [0.05, 0.1) is 13.4 Å². The fourth-order valence-electron chi connectivity index (χ4n) is 1.90. The molecule has 1 aliphatic heterocycles. The van der Waals surface area contributed by atoms with Crippen molar-refractivity contribution in [3.05, 3.63) is 37.3 Å². The van der Waals surface area contributed by atoms with E-state index < -0.39 is 6.23 Å². The second-order valence-corrected chi connectivity index (χ2v) is 3.81. The van der Waals surface area contributed by atoms with E-state index in [1.807, 2.05) is 0 Å². The van der Waals surface area contributed by atoms with E-state index in [-0.39, 0.29) is 0 Å². The highest BCUT2D eigenvalue weighted by Gasteiger charge is 2.32. The van der Waals surface area contributed by atoms with Crippen molar-refractivity contribution in [1.29, 1.82) is 0 Å². The van der Waals surface area contributed by atoms with Crippen molar-refractivity contribution in [2.75, 3.05) is 13.7 Å². The SMILES string of the molecule is C=CCN1C(OC)=Nc2ncn(CC=C)c2C1O. The van der Waals surface area contributed by atoms with Crippen molar-refractivity contribution in [1.82, 2.24) is 14.5 Å². The largest absolute Gasteiger partial charge is 0.468 e. The predicted molar refractivity (Wildman–Crippen MR) is 68.4 cm³/mol. The zero-order valence-corrected chi connectivity index (χ0v) is 10.3. The minimum absolute atomic E-state index is 0.332. The number of ether oxygens (including phenoxy) is 1. The molecule has 0 fully saturated rings. The third-order valence-corrected chi connectivity index (χ3v) is 2.68. The maximum Gasteiger partial charge on any atom is 0.296 e. The number of rotatable bonds is 4. The van der Waals surface area contributed by atoms with Crippen LogP contribution in [0.3, 0.4) is 0 Å². The van der Waals surface area contributed by atoms with E-state index >= 15 is 0 Å². The third kappa shape index (κ3) is 1.91. The molecule has 2 rings (SSSR count). The number of aromatic nitrogens is 2. The van der Waals surface area contributed by atoms with Crippen molar-refractivity contribution in [2.24, 2.45) is 4.99 Å². The van der Waals surface area contributed by atoms with E-state index in [2.05, 4.69) is 23.1 Å². The van der Waals surface area contributed by atoms with Gasteiger partial charge in [-0.25, -0.2) is 4.98 Å². The molecule has 1 aromatic heterocycles. The minimum Gasteiger partial charge on any atom is -0.468 e. The van der Waals surface area contributed by atoms with Gasteiger partial charge >= 0.3 is 0 Å². The molecule has 0 bridgehead atoms. The summed E-state index contributed by atoms with van der Waals surface area (Å²) < 4.78 is 6.96. The van der Waals surface area contributed by atoms with Gasteiger partial charge in [-0.15, -0.1) is 13.2 Å². The Morgan fingerprint density at radius 3 is 2.78 bits per heavy atom. The number of aliphatic hydroxyl groups is 1. The van der Waals surface area contributed by atoms with E-state index in [1.54, 1.807) is 27.9 Å². The van der Waals surface area contributed by atoms with Crippen LogP contribution < -0.4 is 0 Å². The maximum absolute atomic E-state index is 10.4. The third-order valence-electron chi connectivity index (χ3n) is 2.68. The van der Waals surface area contributed by atoms with E-state index in [0.717, 1.165) is 0 Å². The topological polar surface area (TPSA) is 62.9 Å². The van der Waals surface area contributed by atoms with Crippen LogP contribution >= 0.6 is 0 Å². The molecule has 18 heavy (non-hydrogen) atoms. The number of allylic oxidation sites excluding steroid dienone is 1. The van der Waals surface area contributed by atoms with Crippen LogP contribution in [0.25, 0.3) is 0 Å². The lowest BCUT2D eigenvalue weighted by atomic mass is 10.3. The molecule has 2 heterocycles. The number of aliphatic imine (C=N–C) groups is 1. The molecular formula is C12H16N4O2. The van der Waals surface area contributed by atoms with Gasteiger partial charge < -0.3 is 14.4 Å². The molecule has 6 heteroatoms. The van der Waals surface area contributed by atoms with Crippen LogP contribution in [0.5, 0.6) is 0 Å². The summed E-state index contributed by atoms with van der Waals surface area (Å²) in [7, 11) is 1.51. The second-order valence-electron chi connectivity index (χ2n) is 3.81. The molecule has 0 aliphatic carbocycles. The molecule has 0 radical (unpaired) electrons. The van der Waals surface area contributed by atoms with Gasteiger partial charge in [0.1, 0.15) is 5.69 Å². The number of aliphatic hydroxyl groups excluding tert-OH is 1. The number of hydrogen-bond acceptors (Lipinski definition) is 5. The second kappa shape index (κ2) is 5.05. The molecule has 1 unspecified atom stereocenters. The Labute approximate surface area is 106 Å². The summed E-state index contributed by atoms with van der Waals surface area (Å²) >= 11 is 0. The number of methoxy groups -OCH3 is 1. The number of fused-ring (bicyclic) bond motifs is 1. The fourth-order valence-corrected chi connectivity index (χ4v) is 1.90. The average Bonchev–Trinajstić information content (AvgIpc) is 2.76. The first-order valence-electron chi connectivity index (χ1n) is 5.57. The molecule has 6 nitrogen and oxygen atoms in total. The van der Waals surface area contributed by atoms with Crippen LogP contribution in [0.15, 0.2) is 36.6 Å². The first kappa shape index (κ1) is 12.4. The maximum atomic E-state index is 10.4. The molecule has 0 amide bonds. The van der Waals surface area contributed by atoms with Gasteiger partial charge in [0.2, 0.25) is 0 Å². The number of hydrogen-bond donors (Lipinski definition) is 1. The highest BCUT2D eigenvalue weighted by molar-refractivity contribution is 5.79. The van der Waals surface area contributed by atoms with Gasteiger partial charge in [0.25, 0.3) is 6.02 Å². The summed E-state index contributed by atoms with van der Waals surface area (Å²) in [6.07, 6.45) is 4.19. The Hall–Kier alpha value is -2.08. The molecule has 0 saturated carbocycles. The molecule has 1 atom stereocenters. The summed E-state index contributed by atoms with van der Waals surface area (Å²) in [5, 5.41) is 10.4. The lowest BCUT2D eigenvalue weighted by Gasteiger charge is -2.31. The van der Waals surface area contributed by atoms with E-state index in [4.69, 9.17) is 4.74 Å². The first-order valence-corrected chi connectivity index (χ1v) is 5.57. The molecular weight excluding hydrogens is 232 g/mol. The van der Waals surface area contributed by atoms with Crippen molar-refractivity contribution in [3.63, 3.8) is 0 Å². The normalized spacial score (nSPS) is 18.0. The highest BCUT2D eigenvalue weighted by Crippen LogP contribution is 2.32. The van der Waals surface area contributed by atoms with Crippen LogP contribution in [-0.2, 0) is 11.3 Å². The van der Waals surface area contributed by atoms with Crippen LogP contribution in [-0.4, -0.2) is 39.2 Å². The monoisotopic (exact) mass is 248 g/mol. The molecule has 0 spiro atoms. The molecule has 1 N–H and O–H groups in total. The molecule has 96 valence electrons. The van der Waals surface area contributed by atoms with Crippen molar-refractivity contribution in [2.45, 2.75) is 12.8 Å². The average molecular weight is 248 g/mol. The van der Waals surface area contributed by atoms with Crippen molar-refractivity contribution < 1.29 is 9.84 Å². The first-order chi connectivity index (χ1) is 8.72. The Balaban J connectivity index is 2.45. The zero-order chi connectivity index (χ0) is 13.1. The zero-order valence-electron chi connectivity index (χ0n) is 10.3. The van der Waals surface area contributed by atoms with Crippen molar-refractivity contribution >= 4 is 11.8 Å². The summed E-state index contributed by atoms with van der Waals surface area (Å²) in [6, 6.07) is 0.332.